The van der Waals surface area contributed by atoms with Crippen LogP contribution in [0.3, 0.4) is 0 Å². The Morgan fingerprint density at radius 3 is 2.50 bits per heavy atom. The molecule has 1 heterocycles. The molecule has 0 saturated heterocycles. The van der Waals surface area contributed by atoms with Crippen molar-refractivity contribution in [1.29, 1.82) is 0 Å². The molecule has 0 radical (unpaired) electrons. The number of imidazole rings is 1. The van der Waals surface area contributed by atoms with Gasteiger partial charge in [0.25, 0.3) is 0 Å². The number of fused-ring (bicyclic) bond motifs is 1. The SMILES string of the molecule is CCC(C)c1ccc(OCCn2c(CNC(=O)C(C)(C)C)nc3ccccc32)cc1. The van der Waals surface area contributed by atoms with Crippen molar-refractivity contribution in [3.05, 3.63) is 59.9 Å². The minimum atomic E-state index is -0.429. The zero-order valence-corrected chi connectivity index (χ0v) is 18.7. The van der Waals surface area contributed by atoms with Crippen molar-refractivity contribution in [1.82, 2.24) is 14.9 Å². The summed E-state index contributed by atoms with van der Waals surface area (Å²) < 4.78 is 8.13. The summed E-state index contributed by atoms with van der Waals surface area (Å²) in [6.45, 7) is 11.8. The molecule has 0 saturated carbocycles. The highest BCUT2D eigenvalue weighted by atomic mass is 16.5. The topological polar surface area (TPSA) is 56.1 Å². The number of nitrogens with one attached hydrogen (secondary N) is 1. The van der Waals surface area contributed by atoms with Crippen molar-refractivity contribution in [2.45, 2.75) is 60.0 Å². The number of para-hydroxylation sites is 2. The van der Waals surface area contributed by atoms with Gasteiger partial charge in [-0.15, -0.1) is 0 Å². The number of hydrogen-bond acceptors (Lipinski definition) is 3. The van der Waals surface area contributed by atoms with E-state index in [2.05, 4.69) is 41.9 Å². The van der Waals surface area contributed by atoms with E-state index in [1.54, 1.807) is 0 Å². The Morgan fingerprint density at radius 2 is 1.83 bits per heavy atom. The monoisotopic (exact) mass is 407 g/mol. The summed E-state index contributed by atoms with van der Waals surface area (Å²) in [4.78, 5) is 17.0. The largest absolute Gasteiger partial charge is 0.492 e. The lowest BCUT2D eigenvalue weighted by Gasteiger charge is -2.18. The van der Waals surface area contributed by atoms with Gasteiger partial charge in [-0.3, -0.25) is 4.79 Å². The summed E-state index contributed by atoms with van der Waals surface area (Å²) in [5, 5.41) is 3.01. The van der Waals surface area contributed by atoms with Crippen molar-refractivity contribution >= 4 is 16.9 Å². The van der Waals surface area contributed by atoms with E-state index in [9.17, 15) is 4.79 Å². The van der Waals surface area contributed by atoms with E-state index in [0.717, 1.165) is 29.0 Å². The number of aromatic nitrogens is 2. The predicted octanol–water partition coefficient (Wildman–Crippen LogP) is 5.29. The number of ether oxygens (including phenoxy) is 1. The van der Waals surface area contributed by atoms with Crippen LogP contribution in [0, 0.1) is 5.41 Å². The van der Waals surface area contributed by atoms with Gasteiger partial charge in [0.05, 0.1) is 24.1 Å². The number of amides is 1. The van der Waals surface area contributed by atoms with Crippen LogP contribution >= 0.6 is 0 Å². The molecule has 5 heteroatoms. The van der Waals surface area contributed by atoms with Crippen LogP contribution in [-0.4, -0.2) is 22.1 Å². The minimum Gasteiger partial charge on any atom is -0.492 e. The van der Waals surface area contributed by atoms with Gasteiger partial charge < -0.3 is 14.6 Å². The molecule has 160 valence electrons. The molecular weight excluding hydrogens is 374 g/mol. The van der Waals surface area contributed by atoms with Crippen LogP contribution in [-0.2, 0) is 17.9 Å². The molecule has 0 fully saturated rings. The van der Waals surface area contributed by atoms with Gasteiger partial charge in [-0.1, -0.05) is 58.9 Å². The van der Waals surface area contributed by atoms with Gasteiger partial charge in [0.2, 0.25) is 5.91 Å². The van der Waals surface area contributed by atoms with Crippen LogP contribution in [0.4, 0.5) is 0 Å². The molecule has 0 aliphatic carbocycles. The molecule has 5 nitrogen and oxygen atoms in total. The second kappa shape index (κ2) is 9.33. The first-order valence-corrected chi connectivity index (χ1v) is 10.7. The molecule has 0 aliphatic heterocycles. The Balaban J connectivity index is 1.69. The van der Waals surface area contributed by atoms with Crippen LogP contribution in [0.15, 0.2) is 48.5 Å². The van der Waals surface area contributed by atoms with Gasteiger partial charge in [-0.25, -0.2) is 4.98 Å². The Labute approximate surface area is 179 Å². The summed E-state index contributed by atoms with van der Waals surface area (Å²) in [6.07, 6.45) is 1.13. The Bertz CT molecular complexity index is 984. The molecule has 2 aromatic carbocycles. The molecule has 1 atom stereocenters. The quantitative estimate of drug-likeness (QED) is 0.552. The van der Waals surface area contributed by atoms with Crippen LogP contribution in [0.25, 0.3) is 11.0 Å². The summed E-state index contributed by atoms with van der Waals surface area (Å²) in [6, 6.07) is 16.4. The van der Waals surface area contributed by atoms with E-state index >= 15 is 0 Å². The van der Waals surface area contributed by atoms with Crippen molar-refractivity contribution in [3.63, 3.8) is 0 Å². The summed E-state index contributed by atoms with van der Waals surface area (Å²) in [5.41, 5.74) is 2.88. The highest BCUT2D eigenvalue weighted by molar-refractivity contribution is 5.81. The Hall–Kier alpha value is -2.82. The van der Waals surface area contributed by atoms with Crippen molar-refractivity contribution < 1.29 is 9.53 Å². The molecule has 3 rings (SSSR count). The molecule has 0 bridgehead atoms. The molecular formula is C25H33N3O2. The summed E-state index contributed by atoms with van der Waals surface area (Å²) >= 11 is 0. The lowest BCUT2D eigenvalue weighted by atomic mass is 9.96. The first kappa shape index (κ1) is 21.9. The lowest BCUT2D eigenvalue weighted by molar-refractivity contribution is -0.128. The van der Waals surface area contributed by atoms with Gasteiger partial charge in [0.1, 0.15) is 18.2 Å². The van der Waals surface area contributed by atoms with E-state index in [4.69, 9.17) is 9.72 Å². The van der Waals surface area contributed by atoms with Crippen molar-refractivity contribution in [2.75, 3.05) is 6.61 Å². The standard InChI is InChI=1S/C25H33N3O2/c1-6-18(2)19-11-13-20(14-12-19)30-16-15-28-22-10-8-7-9-21(22)27-23(28)17-26-24(29)25(3,4)5/h7-14,18H,6,15-17H2,1-5H3,(H,26,29). The zero-order valence-electron chi connectivity index (χ0n) is 18.7. The fraction of sp³-hybridized carbons (Fsp3) is 0.440. The second-order valence-electron chi connectivity index (χ2n) is 8.83. The first-order valence-electron chi connectivity index (χ1n) is 10.7. The Kier molecular flexibility index (Phi) is 6.80. The third-order valence-electron chi connectivity index (χ3n) is 5.47. The van der Waals surface area contributed by atoms with Gasteiger partial charge in [-0.05, 0) is 42.2 Å². The number of benzene rings is 2. The van der Waals surface area contributed by atoms with E-state index < -0.39 is 5.41 Å². The van der Waals surface area contributed by atoms with Crippen LogP contribution in [0.1, 0.15) is 58.3 Å². The molecule has 3 aromatic rings. The average molecular weight is 408 g/mol. The van der Waals surface area contributed by atoms with E-state index in [1.807, 2.05) is 51.1 Å². The second-order valence-corrected chi connectivity index (χ2v) is 8.83. The summed E-state index contributed by atoms with van der Waals surface area (Å²) in [5.74, 6) is 2.28. The normalized spacial score (nSPS) is 12.7. The fourth-order valence-electron chi connectivity index (χ4n) is 3.32. The molecule has 0 spiro atoms. The van der Waals surface area contributed by atoms with Gasteiger partial charge in [0, 0.05) is 5.41 Å². The van der Waals surface area contributed by atoms with E-state index in [-0.39, 0.29) is 5.91 Å². The predicted molar refractivity (Wildman–Crippen MR) is 122 cm³/mol. The zero-order chi connectivity index (χ0) is 21.7. The number of carbonyl (C=O) groups is 1. The highest BCUT2D eigenvalue weighted by Gasteiger charge is 2.21. The molecule has 1 amide bonds. The molecule has 30 heavy (non-hydrogen) atoms. The van der Waals surface area contributed by atoms with Crippen LogP contribution < -0.4 is 10.1 Å². The maximum atomic E-state index is 12.3. The molecule has 1 unspecified atom stereocenters. The molecule has 1 N–H and O–H groups in total. The van der Waals surface area contributed by atoms with Crippen LogP contribution in [0.5, 0.6) is 5.75 Å². The first-order chi connectivity index (χ1) is 14.3. The molecule has 0 aliphatic rings. The number of hydrogen-bond donors (Lipinski definition) is 1. The smallest absolute Gasteiger partial charge is 0.225 e. The van der Waals surface area contributed by atoms with Gasteiger partial charge in [-0.2, -0.15) is 0 Å². The van der Waals surface area contributed by atoms with E-state index in [0.29, 0.717) is 25.6 Å². The van der Waals surface area contributed by atoms with Crippen molar-refractivity contribution in [2.24, 2.45) is 5.41 Å². The Morgan fingerprint density at radius 1 is 1.13 bits per heavy atom. The maximum Gasteiger partial charge on any atom is 0.225 e. The van der Waals surface area contributed by atoms with Crippen LogP contribution in [0.2, 0.25) is 0 Å². The van der Waals surface area contributed by atoms with Crippen molar-refractivity contribution in [3.8, 4) is 5.75 Å². The summed E-state index contributed by atoms with van der Waals surface area (Å²) in [7, 11) is 0. The number of carbonyl (C=O) groups excluding carboxylic acids is 1. The van der Waals surface area contributed by atoms with Gasteiger partial charge in [0.15, 0.2) is 0 Å². The van der Waals surface area contributed by atoms with E-state index in [1.165, 1.54) is 5.56 Å². The maximum absolute atomic E-state index is 12.3. The highest BCUT2D eigenvalue weighted by Crippen LogP contribution is 2.22. The third-order valence-corrected chi connectivity index (χ3v) is 5.47. The fourth-order valence-corrected chi connectivity index (χ4v) is 3.32. The minimum absolute atomic E-state index is 0.0127. The number of rotatable bonds is 8. The number of nitrogens with zero attached hydrogens (tertiary/aromatic N) is 2. The molecule has 1 aromatic heterocycles. The average Bonchev–Trinajstić information content (AvgIpc) is 3.08. The third kappa shape index (κ3) is 5.21. The van der Waals surface area contributed by atoms with Gasteiger partial charge >= 0.3 is 0 Å². The lowest BCUT2D eigenvalue weighted by Crippen LogP contribution is -2.35.